The first-order valence-corrected chi connectivity index (χ1v) is 7.43. The van der Waals surface area contributed by atoms with Gasteiger partial charge in [-0.1, -0.05) is 18.2 Å². The molecule has 1 saturated heterocycles. The summed E-state index contributed by atoms with van der Waals surface area (Å²) < 4.78 is 4.95. The molecule has 0 aromatic heterocycles. The van der Waals surface area contributed by atoms with Crippen LogP contribution in [0.5, 0.6) is 0 Å². The van der Waals surface area contributed by atoms with E-state index in [2.05, 4.69) is 5.32 Å². The van der Waals surface area contributed by atoms with Crippen LogP contribution < -0.4 is 10.2 Å². The second kappa shape index (κ2) is 5.44. The summed E-state index contributed by atoms with van der Waals surface area (Å²) >= 11 is 0. The second-order valence-electron chi connectivity index (χ2n) is 5.61. The molecule has 6 nitrogen and oxygen atoms in total. The van der Waals surface area contributed by atoms with E-state index in [4.69, 9.17) is 4.74 Å². The molecule has 2 fully saturated rings. The first kappa shape index (κ1) is 14.6. The summed E-state index contributed by atoms with van der Waals surface area (Å²) in [6.45, 7) is 2.38. The van der Waals surface area contributed by atoms with Gasteiger partial charge in [0.1, 0.15) is 11.5 Å². The summed E-state index contributed by atoms with van der Waals surface area (Å²) in [6, 6.07) is 8.72. The van der Waals surface area contributed by atoms with Crippen molar-refractivity contribution in [3.05, 3.63) is 30.3 Å². The smallest absolute Gasteiger partial charge is 0.321 e. The summed E-state index contributed by atoms with van der Waals surface area (Å²) in [5, 5.41) is 2.68. The van der Waals surface area contributed by atoms with Gasteiger partial charge < -0.3 is 15.0 Å². The number of amides is 2. The standard InChI is InChI=1S/C16H18N2O4/c1-2-22-15(21)16(8-9-16)14(20)17-12-10-18(13(12)19)11-6-4-3-5-7-11/h3-7,12H,2,8-10H2,1H3,(H,17,20). The van der Waals surface area contributed by atoms with E-state index in [1.807, 2.05) is 30.3 Å². The van der Waals surface area contributed by atoms with Crippen LogP contribution in [-0.4, -0.2) is 37.0 Å². The number of hydrogen-bond donors (Lipinski definition) is 1. The molecule has 3 rings (SSSR count). The number of carbonyl (C=O) groups is 3. The van der Waals surface area contributed by atoms with Gasteiger partial charge >= 0.3 is 5.97 Å². The zero-order chi connectivity index (χ0) is 15.7. The number of anilines is 1. The number of nitrogens with zero attached hydrogens (tertiary/aromatic N) is 1. The van der Waals surface area contributed by atoms with Gasteiger partial charge in [0.2, 0.25) is 5.91 Å². The van der Waals surface area contributed by atoms with E-state index in [1.165, 1.54) is 0 Å². The molecule has 0 bridgehead atoms. The third kappa shape index (κ3) is 2.34. The Bertz CT molecular complexity index is 610. The van der Waals surface area contributed by atoms with E-state index in [0.717, 1.165) is 5.69 Å². The summed E-state index contributed by atoms with van der Waals surface area (Å²) in [5.74, 6) is -1.03. The van der Waals surface area contributed by atoms with Crippen molar-refractivity contribution >= 4 is 23.5 Å². The maximum absolute atomic E-state index is 12.3. The number of rotatable bonds is 5. The molecule has 0 spiro atoms. The molecule has 0 radical (unpaired) electrons. The van der Waals surface area contributed by atoms with Gasteiger partial charge in [0.05, 0.1) is 13.2 Å². The highest BCUT2D eigenvalue weighted by molar-refractivity contribution is 6.10. The van der Waals surface area contributed by atoms with E-state index < -0.39 is 23.3 Å². The highest BCUT2D eigenvalue weighted by Crippen LogP contribution is 2.47. The van der Waals surface area contributed by atoms with Crippen LogP contribution in [0.2, 0.25) is 0 Å². The van der Waals surface area contributed by atoms with E-state index in [1.54, 1.807) is 11.8 Å². The third-order valence-electron chi connectivity index (χ3n) is 4.15. The second-order valence-corrected chi connectivity index (χ2v) is 5.61. The molecule has 1 saturated carbocycles. The SMILES string of the molecule is CCOC(=O)C1(C(=O)NC2CN(c3ccccc3)C2=O)CC1. The molecule has 1 N–H and O–H groups in total. The molecule has 1 aliphatic carbocycles. The zero-order valence-corrected chi connectivity index (χ0v) is 12.4. The van der Waals surface area contributed by atoms with Crippen molar-refractivity contribution in [2.45, 2.75) is 25.8 Å². The lowest BCUT2D eigenvalue weighted by atomic mass is 10.0. The molecule has 6 heteroatoms. The van der Waals surface area contributed by atoms with Crippen molar-refractivity contribution in [1.82, 2.24) is 5.32 Å². The number of hydrogen-bond acceptors (Lipinski definition) is 4. The van der Waals surface area contributed by atoms with Gasteiger partial charge in [-0.3, -0.25) is 14.4 Å². The van der Waals surface area contributed by atoms with Crippen molar-refractivity contribution in [2.75, 3.05) is 18.1 Å². The van der Waals surface area contributed by atoms with Crippen LogP contribution in [0.25, 0.3) is 0 Å². The van der Waals surface area contributed by atoms with Crippen LogP contribution in [0, 0.1) is 5.41 Å². The number of ether oxygens (including phenoxy) is 1. The highest BCUT2D eigenvalue weighted by atomic mass is 16.5. The Morgan fingerprint density at radius 1 is 1.32 bits per heavy atom. The Hall–Kier alpha value is -2.37. The quantitative estimate of drug-likeness (QED) is 0.497. The van der Waals surface area contributed by atoms with Crippen molar-refractivity contribution in [2.24, 2.45) is 5.41 Å². The molecule has 1 aromatic carbocycles. The van der Waals surface area contributed by atoms with Gasteiger partial charge in [0.15, 0.2) is 0 Å². The lowest BCUT2D eigenvalue weighted by Gasteiger charge is -2.39. The fourth-order valence-electron chi connectivity index (χ4n) is 2.59. The number of carbonyl (C=O) groups excluding carboxylic acids is 3. The molecule has 1 aliphatic heterocycles. The average Bonchev–Trinajstić information content (AvgIpc) is 3.33. The van der Waals surface area contributed by atoms with Gasteiger partial charge in [-0.05, 0) is 31.9 Å². The fraction of sp³-hybridized carbons (Fsp3) is 0.438. The Balaban J connectivity index is 1.59. The van der Waals surface area contributed by atoms with Crippen molar-refractivity contribution in [3.63, 3.8) is 0 Å². The van der Waals surface area contributed by atoms with Crippen LogP contribution in [0.15, 0.2) is 30.3 Å². The van der Waals surface area contributed by atoms with E-state index >= 15 is 0 Å². The predicted octanol–water partition coefficient (Wildman–Crippen LogP) is 0.861. The largest absolute Gasteiger partial charge is 0.465 e. The zero-order valence-electron chi connectivity index (χ0n) is 12.4. The Kier molecular flexibility index (Phi) is 3.60. The molecule has 22 heavy (non-hydrogen) atoms. The minimum Gasteiger partial charge on any atom is -0.465 e. The van der Waals surface area contributed by atoms with E-state index in [9.17, 15) is 14.4 Å². The Labute approximate surface area is 128 Å². The summed E-state index contributed by atoms with van der Waals surface area (Å²) in [4.78, 5) is 37.8. The van der Waals surface area contributed by atoms with Gasteiger partial charge in [-0.25, -0.2) is 0 Å². The Morgan fingerprint density at radius 2 is 2.00 bits per heavy atom. The molecule has 1 unspecified atom stereocenters. The molecule has 2 amide bonds. The number of para-hydroxylation sites is 1. The number of esters is 1. The van der Waals surface area contributed by atoms with E-state index in [0.29, 0.717) is 19.4 Å². The molecular weight excluding hydrogens is 284 g/mol. The van der Waals surface area contributed by atoms with Crippen LogP contribution in [0.4, 0.5) is 5.69 Å². The Morgan fingerprint density at radius 3 is 2.55 bits per heavy atom. The summed E-state index contributed by atoms with van der Waals surface area (Å²) in [5.41, 5.74) is -0.256. The fourth-order valence-corrected chi connectivity index (χ4v) is 2.59. The normalized spacial score (nSPS) is 21.8. The number of nitrogens with one attached hydrogen (secondary N) is 1. The summed E-state index contributed by atoms with van der Waals surface area (Å²) in [6.07, 6.45) is 0.974. The molecule has 1 heterocycles. The van der Waals surface area contributed by atoms with Gasteiger partial charge in [0, 0.05) is 5.69 Å². The minimum atomic E-state index is -1.07. The lowest BCUT2D eigenvalue weighted by molar-refractivity contribution is -0.155. The topological polar surface area (TPSA) is 75.7 Å². The molecule has 1 aromatic rings. The van der Waals surface area contributed by atoms with Crippen molar-refractivity contribution < 1.29 is 19.1 Å². The van der Waals surface area contributed by atoms with Gasteiger partial charge in [0.25, 0.3) is 5.91 Å². The first-order valence-electron chi connectivity index (χ1n) is 7.43. The number of benzene rings is 1. The maximum atomic E-state index is 12.3. The summed E-state index contributed by atoms with van der Waals surface area (Å²) in [7, 11) is 0. The van der Waals surface area contributed by atoms with Crippen LogP contribution >= 0.6 is 0 Å². The van der Waals surface area contributed by atoms with Crippen LogP contribution in [0.3, 0.4) is 0 Å². The van der Waals surface area contributed by atoms with Crippen LogP contribution in [-0.2, 0) is 19.1 Å². The van der Waals surface area contributed by atoms with Gasteiger partial charge in [-0.15, -0.1) is 0 Å². The molecule has 1 atom stereocenters. The maximum Gasteiger partial charge on any atom is 0.321 e. The van der Waals surface area contributed by atoms with Crippen molar-refractivity contribution in [1.29, 1.82) is 0 Å². The van der Waals surface area contributed by atoms with E-state index in [-0.39, 0.29) is 12.5 Å². The van der Waals surface area contributed by atoms with Gasteiger partial charge in [-0.2, -0.15) is 0 Å². The molecule has 116 valence electrons. The molecule has 2 aliphatic rings. The van der Waals surface area contributed by atoms with Crippen LogP contribution in [0.1, 0.15) is 19.8 Å². The lowest BCUT2D eigenvalue weighted by Crippen LogP contribution is -2.65. The third-order valence-corrected chi connectivity index (χ3v) is 4.15. The highest BCUT2D eigenvalue weighted by Gasteiger charge is 2.59. The monoisotopic (exact) mass is 302 g/mol. The minimum absolute atomic E-state index is 0.154. The first-order chi connectivity index (χ1) is 10.6. The van der Waals surface area contributed by atoms with Crippen molar-refractivity contribution in [3.8, 4) is 0 Å². The molecular formula is C16H18N2O4. The number of β-lactam (4-membered cyclic amide) rings is 1. The average molecular weight is 302 g/mol. The predicted molar refractivity (Wildman–Crippen MR) is 79.0 cm³/mol.